The van der Waals surface area contributed by atoms with Gasteiger partial charge in [0.2, 0.25) is 4.77 Å². The minimum Gasteiger partial charge on any atom is -0.282 e. The molecule has 5 heteroatoms. The number of hydrogen-bond donors (Lipinski definition) is 2. The molecular weight excluding hydrogens is 262 g/mol. The van der Waals surface area contributed by atoms with Crippen LogP contribution in [0.1, 0.15) is 5.56 Å². The Hall–Kier alpha value is -0.940. The van der Waals surface area contributed by atoms with Crippen molar-refractivity contribution < 1.29 is 0 Å². The fraction of sp³-hybridized carbons (Fsp3) is 0.111. The Morgan fingerprint density at radius 3 is 2.79 bits per heavy atom. The number of benzene rings is 1. The van der Waals surface area contributed by atoms with E-state index in [4.69, 9.17) is 12.2 Å². The Labute approximate surface area is 94.7 Å². The van der Waals surface area contributed by atoms with Crippen LogP contribution in [0, 0.1) is 11.7 Å². The summed E-state index contributed by atoms with van der Waals surface area (Å²) in [6.07, 6.45) is 0. The summed E-state index contributed by atoms with van der Waals surface area (Å²) in [5.74, 6) is 0.755. The van der Waals surface area contributed by atoms with Crippen molar-refractivity contribution in [2.24, 2.45) is 0 Å². The Bertz CT molecular complexity index is 515. The number of nitrogens with zero attached hydrogens (tertiary/aromatic N) is 1. The van der Waals surface area contributed by atoms with Gasteiger partial charge in [0, 0.05) is 10.0 Å². The highest BCUT2D eigenvalue weighted by Crippen LogP contribution is 2.27. The first-order valence-electron chi connectivity index (χ1n) is 4.08. The SMILES string of the molecule is Cc1cccc(-c2nc(=S)[nH][nH]2)c1Br. The topological polar surface area (TPSA) is 44.5 Å². The molecular formula is C9H8BrN3S. The molecule has 2 rings (SSSR count). The van der Waals surface area contributed by atoms with Crippen LogP contribution >= 0.6 is 28.1 Å². The third kappa shape index (κ3) is 1.65. The summed E-state index contributed by atoms with van der Waals surface area (Å²) < 4.78 is 1.51. The zero-order valence-electron chi connectivity index (χ0n) is 7.47. The van der Waals surface area contributed by atoms with Gasteiger partial charge < -0.3 is 0 Å². The molecule has 0 amide bonds. The average molecular weight is 270 g/mol. The summed E-state index contributed by atoms with van der Waals surface area (Å²) in [7, 11) is 0. The van der Waals surface area contributed by atoms with Crippen LogP contribution in [0.2, 0.25) is 0 Å². The van der Waals surface area contributed by atoms with Gasteiger partial charge in [-0.1, -0.05) is 18.2 Å². The van der Waals surface area contributed by atoms with Gasteiger partial charge in [-0.05, 0) is 40.6 Å². The first-order valence-corrected chi connectivity index (χ1v) is 5.29. The van der Waals surface area contributed by atoms with E-state index in [0.29, 0.717) is 4.77 Å². The summed E-state index contributed by atoms with van der Waals surface area (Å²) >= 11 is 8.41. The maximum atomic E-state index is 4.90. The second-order valence-electron chi connectivity index (χ2n) is 2.95. The van der Waals surface area contributed by atoms with Gasteiger partial charge in [-0.15, -0.1) is 0 Å². The molecule has 0 aliphatic rings. The zero-order chi connectivity index (χ0) is 10.1. The van der Waals surface area contributed by atoms with Crippen LogP contribution in [-0.4, -0.2) is 15.2 Å². The van der Waals surface area contributed by atoms with Crippen molar-refractivity contribution >= 4 is 28.1 Å². The van der Waals surface area contributed by atoms with Crippen LogP contribution in [0.5, 0.6) is 0 Å². The van der Waals surface area contributed by atoms with Gasteiger partial charge in [-0.2, -0.15) is 4.98 Å². The van der Waals surface area contributed by atoms with Crippen LogP contribution in [0.3, 0.4) is 0 Å². The highest BCUT2D eigenvalue weighted by atomic mass is 79.9. The molecule has 72 valence electrons. The third-order valence-corrected chi connectivity index (χ3v) is 3.19. The zero-order valence-corrected chi connectivity index (χ0v) is 9.87. The Kier molecular flexibility index (Phi) is 2.52. The molecule has 0 fully saturated rings. The van der Waals surface area contributed by atoms with Gasteiger partial charge in [-0.3, -0.25) is 10.2 Å². The first-order chi connectivity index (χ1) is 6.68. The quantitative estimate of drug-likeness (QED) is 0.781. The van der Waals surface area contributed by atoms with Crippen molar-refractivity contribution in [1.29, 1.82) is 0 Å². The van der Waals surface area contributed by atoms with Crippen LogP contribution in [-0.2, 0) is 0 Å². The molecule has 1 aromatic heterocycles. The monoisotopic (exact) mass is 269 g/mol. The van der Waals surface area contributed by atoms with Gasteiger partial charge in [0.25, 0.3) is 0 Å². The van der Waals surface area contributed by atoms with E-state index in [9.17, 15) is 0 Å². The number of aromatic nitrogens is 3. The molecule has 0 spiro atoms. The van der Waals surface area contributed by atoms with Crippen molar-refractivity contribution in [3.8, 4) is 11.4 Å². The van der Waals surface area contributed by atoms with E-state index in [0.717, 1.165) is 15.9 Å². The minimum absolute atomic E-state index is 0.466. The molecule has 1 heterocycles. The maximum Gasteiger partial charge on any atom is 0.213 e. The molecule has 2 N–H and O–H groups in total. The van der Waals surface area contributed by atoms with E-state index in [2.05, 4.69) is 31.1 Å². The molecule has 0 radical (unpaired) electrons. The lowest BCUT2D eigenvalue weighted by molar-refractivity contribution is 1.08. The van der Waals surface area contributed by atoms with Gasteiger partial charge in [0.15, 0.2) is 5.82 Å². The molecule has 0 bridgehead atoms. The molecule has 14 heavy (non-hydrogen) atoms. The lowest BCUT2D eigenvalue weighted by Gasteiger charge is -2.02. The summed E-state index contributed by atoms with van der Waals surface area (Å²) in [4.78, 5) is 4.16. The van der Waals surface area contributed by atoms with Crippen LogP contribution in [0.4, 0.5) is 0 Å². The van der Waals surface area contributed by atoms with Crippen molar-refractivity contribution in [2.75, 3.05) is 0 Å². The highest BCUT2D eigenvalue weighted by molar-refractivity contribution is 9.10. The van der Waals surface area contributed by atoms with Gasteiger partial charge in [-0.25, -0.2) is 0 Å². The second-order valence-corrected chi connectivity index (χ2v) is 4.13. The van der Waals surface area contributed by atoms with Crippen LogP contribution in [0.15, 0.2) is 22.7 Å². The van der Waals surface area contributed by atoms with E-state index >= 15 is 0 Å². The lowest BCUT2D eigenvalue weighted by Crippen LogP contribution is -1.85. The fourth-order valence-corrected chi connectivity index (χ4v) is 1.82. The van der Waals surface area contributed by atoms with E-state index in [1.807, 2.05) is 25.1 Å². The van der Waals surface area contributed by atoms with E-state index in [-0.39, 0.29) is 0 Å². The third-order valence-electron chi connectivity index (χ3n) is 1.95. The Balaban J connectivity index is 2.62. The first kappa shape index (κ1) is 9.61. The molecule has 3 nitrogen and oxygen atoms in total. The number of aromatic amines is 2. The number of aryl methyl sites for hydroxylation is 1. The van der Waals surface area contributed by atoms with Gasteiger partial charge in [0.05, 0.1) is 0 Å². The summed E-state index contributed by atoms with van der Waals surface area (Å²) in [6, 6.07) is 6.01. The van der Waals surface area contributed by atoms with Crippen molar-refractivity contribution in [2.45, 2.75) is 6.92 Å². The molecule has 0 saturated carbocycles. The molecule has 2 aromatic rings. The average Bonchev–Trinajstić information content (AvgIpc) is 2.57. The lowest BCUT2D eigenvalue weighted by atomic mass is 10.1. The van der Waals surface area contributed by atoms with Crippen molar-refractivity contribution in [3.05, 3.63) is 33.0 Å². The molecule has 0 aliphatic heterocycles. The standard InChI is InChI=1S/C9H8BrN3S/c1-5-3-2-4-6(7(5)10)8-11-9(14)13-12-8/h2-4H,1H3,(H2,11,12,13,14). The molecule has 0 saturated heterocycles. The Morgan fingerprint density at radius 2 is 2.14 bits per heavy atom. The molecule has 0 atom stereocenters. The van der Waals surface area contributed by atoms with Crippen LogP contribution < -0.4 is 0 Å². The number of halogens is 1. The van der Waals surface area contributed by atoms with Crippen molar-refractivity contribution in [3.63, 3.8) is 0 Å². The van der Waals surface area contributed by atoms with E-state index in [1.54, 1.807) is 0 Å². The highest BCUT2D eigenvalue weighted by Gasteiger charge is 2.06. The predicted molar refractivity (Wildman–Crippen MR) is 61.6 cm³/mol. The van der Waals surface area contributed by atoms with Gasteiger partial charge >= 0.3 is 0 Å². The summed E-state index contributed by atoms with van der Waals surface area (Å²) in [6.45, 7) is 2.04. The van der Waals surface area contributed by atoms with E-state index in [1.165, 1.54) is 5.56 Å². The smallest absolute Gasteiger partial charge is 0.213 e. The van der Waals surface area contributed by atoms with E-state index < -0.39 is 0 Å². The number of rotatable bonds is 1. The van der Waals surface area contributed by atoms with Crippen LogP contribution in [0.25, 0.3) is 11.4 Å². The van der Waals surface area contributed by atoms with Gasteiger partial charge in [0.1, 0.15) is 0 Å². The van der Waals surface area contributed by atoms with Crippen molar-refractivity contribution in [1.82, 2.24) is 15.2 Å². The number of hydrogen-bond acceptors (Lipinski definition) is 2. The fourth-order valence-electron chi connectivity index (χ4n) is 1.23. The largest absolute Gasteiger partial charge is 0.282 e. The summed E-state index contributed by atoms with van der Waals surface area (Å²) in [5.41, 5.74) is 2.18. The predicted octanol–water partition coefficient (Wildman–Crippen LogP) is 3.21. The number of H-pyrrole nitrogens is 2. The maximum absolute atomic E-state index is 4.90. The minimum atomic E-state index is 0.466. The second kappa shape index (κ2) is 3.67. The molecule has 0 aliphatic carbocycles. The Morgan fingerprint density at radius 1 is 1.36 bits per heavy atom. The number of nitrogens with one attached hydrogen (secondary N) is 2. The molecule has 0 unspecified atom stereocenters. The summed E-state index contributed by atoms with van der Waals surface area (Å²) in [5, 5.41) is 5.69. The molecule has 1 aromatic carbocycles. The normalized spacial score (nSPS) is 10.4.